The summed E-state index contributed by atoms with van der Waals surface area (Å²) in [6, 6.07) is 12.5. The van der Waals surface area contributed by atoms with Crippen LogP contribution in [0.1, 0.15) is 55.7 Å². The minimum Gasteiger partial charge on any atom is -0.490 e. The maximum absolute atomic E-state index is 6.07. The van der Waals surface area contributed by atoms with Crippen molar-refractivity contribution in [2.24, 2.45) is 0 Å². The number of allylic oxidation sites excluding steroid dienone is 1. The Balaban J connectivity index is 1.59. The molecule has 29 heavy (non-hydrogen) atoms. The monoisotopic (exact) mass is 457 g/mol. The maximum Gasteiger partial charge on any atom is 0.162 e. The molecule has 0 aromatic heterocycles. The first-order chi connectivity index (χ1) is 14.2. The van der Waals surface area contributed by atoms with Crippen molar-refractivity contribution in [1.82, 2.24) is 5.32 Å². The fourth-order valence-electron chi connectivity index (χ4n) is 3.54. The molecule has 0 saturated heterocycles. The predicted molar refractivity (Wildman–Crippen MR) is 124 cm³/mol. The summed E-state index contributed by atoms with van der Waals surface area (Å²) >= 11 is 3.71. The van der Waals surface area contributed by atoms with Gasteiger partial charge >= 0.3 is 0 Å². The lowest BCUT2D eigenvalue weighted by Crippen LogP contribution is -2.16. The van der Waals surface area contributed by atoms with Gasteiger partial charge in [0.15, 0.2) is 11.5 Å². The molecule has 0 radical (unpaired) electrons. The first-order valence-corrected chi connectivity index (χ1v) is 11.5. The van der Waals surface area contributed by atoms with Crippen LogP contribution in [0.3, 0.4) is 0 Å². The zero-order valence-electron chi connectivity index (χ0n) is 17.6. The molecular formula is C25H32BrNO2. The van der Waals surface area contributed by atoms with Crippen LogP contribution < -0.4 is 14.8 Å². The van der Waals surface area contributed by atoms with Crippen LogP contribution in [0.2, 0.25) is 0 Å². The van der Waals surface area contributed by atoms with E-state index in [2.05, 4.69) is 64.6 Å². The lowest BCUT2D eigenvalue weighted by Gasteiger charge is -2.16. The Kier molecular flexibility index (Phi) is 8.63. The number of rotatable bonds is 10. The van der Waals surface area contributed by atoms with Gasteiger partial charge in [-0.1, -0.05) is 57.4 Å². The third kappa shape index (κ3) is 6.90. The highest BCUT2D eigenvalue weighted by atomic mass is 79.9. The standard InChI is InChI=1S/C25H32BrNO2/c1-3-28-24-15-22(17-27-14-13-20-7-5-4-6-8-20)23(26)16-25(24)29-18-21-11-9-19(2)10-12-21/h7,9-12,15-16,27H,3-6,8,13-14,17-18H2,1-2H3. The Bertz CT molecular complexity index is 814. The molecule has 0 spiro atoms. The molecule has 0 amide bonds. The summed E-state index contributed by atoms with van der Waals surface area (Å²) in [5.41, 5.74) is 5.20. The summed E-state index contributed by atoms with van der Waals surface area (Å²) in [5, 5.41) is 3.57. The number of hydrogen-bond acceptors (Lipinski definition) is 3. The molecule has 0 bridgehead atoms. The molecule has 3 nitrogen and oxygen atoms in total. The predicted octanol–water partition coefficient (Wildman–Crippen LogP) is 6.72. The number of nitrogens with one attached hydrogen (secondary N) is 1. The number of ether oxygens (including phenoxy) is 2. The van der Waals surface area contributed by atoms with E-state index in [1.165, 1.54) is 36.8 Å². The summed E-state index contributed by atoms with van der Waals surface area (Å²) in [4.78, 5) is 0. The smallest absolute Gasteiger partial charge is 0.162 e. The van der Waals surface area contributed by atoms with E-state index < -0.39 is 0 Å². The molecule has 0 saturated carbocycles. The Hall–Kier alpha value is -1.78. The van der Waals surface area contributed by atoms with E-state index in [-0.39, 0.29) is 0 Å². The van der Waals surface area contributed by atoms with Crippen molar-refractivity contribution in [2.45, 2.75) is 59.1 Å². The van der Waals surface area contributed by atoms with Gasteiger partial charge in [-0.15, -0.1) is 0 Å². The molecule has 1 aliphatic carbocycles. The van der Waals surface area contributed by atoms with Crippen molar-refractivity contribution >= 4 is 15.9 Å². The lowest BCUT2D eigenvalue weighted by atomic mass is 9.97. The Morgan fingerprint density at radius 1 is 1.03 bits per heavy atom. The average molecular weight is 458 g/mol. The molecule has 4 heteroatoms. The first-order valence-electron chi connectivity index (χ1n) is 10.7. The second-order valence-corrected chi connectivity index (χ2v) is 8.49. The van der Waals surface area contributed by atoms with Gasteiger partial charge in [-0.25, -0.2) is 0 Å². The van der Waals surface area contributed by atoms with Gasteiger partial charge in [0.25, 0.3) is 0 Å². The molecule has 1 aliphatic rings. The Labute approximate surface area is 183 Å². The Morgan fingerprint density at radius 3 is 2.55 bits per heavy atom. The summed E-state index contributed by atoms with van der Waals surface area (Å²) < 4.78 is 13.0. The Morgan fingerprint density at radius 2 is 1.83 bits per heavy atom. The average Bonchev–Trinajstić information content (AvgIpc) is 2.74. The van der Waals surface area contributed by atoms with Crippen molar-refractivity contribution in [3.05, 3.63) is 69.2 Å². The largest absolute Gasteiger partial charge is 0.490 e. The second-order valence-electron chi connectivity index (χ2n) is 7.63. The summed E-state index contributed by atoms with van der Waals surface area (Å²) in [6.45, 7) is 7.05. The SMILES string of the molecule is CCOc1cc(CNCCC2=CCCCC2)c(Br)cc1OCc1ccc(C)cc1. The highest BCUT2D eigenvalue weighted by Gasteiger charge is 2.12. The molecule has 0 aliphatic heterocycles. The van der Waals surface area contributed by atoms with Gasteiger partial charge in [-0.05, 0) is 75.8 Å². The van der Waals surface area contributed by atoms with Crippen LogP contribution in [0.15, 0.2) is 52.5 Å². The van der Waals surface area contributed by atoms with Gasteiger partial charge in [0, 0.05) is 11.0 Å². The summed E-state index contributed by atoms with van der Waals surface area (Å²) in [6.07, 6.45) is 8.79. The molecule has 156 valence electrons. The number of halogens is 1. The van der Waals surface area contributed by atoms with E-state index in [9.17, 15) is 0 Å². The van der Waals surface area contributed by atoms with Crippen molar-refractivity contribution in [3.8, 4) is 11.5 Å². The zero-order valence-corrected chi connectivity index (χ0v) is 19.2. The second kappa shape index (κ2) is 11.4. The minimum absolute atomic E-state index is 0.527. The van der Waals surface area contributed by atoms with E-state index in [0.717, 1.165) is 41.0 Å². The first kappa shape index (κ1) is 21.9. The molecule has 1 N–H and O–H groups in total. The van der Waals surface area contributed by atoms with Crippen LogP contribution in [-0.2, 0) is 13.2 Å². The van der Waals surface area contributed by atoms with Gasteiger partial charge in [-0.2, -0.15) is 0 Å². The molecule has 2 aromatic carbocycles. The van der Waals surface area contributed by atoms with E-state index >= 15 is 0 Å². The van der Waals surface area contributed by atoms with E-state index in [1.807, 2.05) is 13.0 Å². The van der Waals surface area contributed by atoms with Crippen LogP contribution in [0.5, 0.6) is 11.5 Å². The molecule has 0 fully saturated rings. The van der Waals surface area contributed by atoms with Gasteiger partial charge in [-0.3, -0.25) is 0 Å². The van der Waals surface area contributed by atoms with Crippen LogP contribution in [0, 0.1) is 6.92 Å². The van der Waals surface area contributed by atoms with E-state index in [0.29, 0.717) is 13.2 Å². The molecule has 0 unspecified atom stereocenters. The van der Waals surface area contributed by atoms with Gasteiger partial charge in [0.1, 0.15) is 6.61 Å². The van der Waals surface area contributed by atoms with Crippen molar-refractivity contribution < 1.29 is 9.47 Å². The van der Waals surface area contributed by atoms with Crippen LogP contribution in [0.25, 0.3) is 0 Å². The number of aryl methyl sites for hydroxylation is 1. The van der Waals surface area contributed by atoms with Crippen molar-refractivity contribution in [1.29, 1.82) is 0 Å². The molecule has 0 heterocycles. The van der Waals surface area contributed by atoms with Gasteiger partial charge < -0.3 is 14.8 Å². The van der Waals surface area contributed by atoms with Crippen LogP contribution >= 0.6 is 15.9 Å². The fraction of sp³-hybridized carbons (Fsp3) is 0.440. The van der Waals surface area contributed by atoms with Crippen molar-refractivity contribution in [3.63, 3.8) is 0 Å². The molecule has 0 atom stereocenters. The highest BCUT2D eigenvalue weighted by Crippen LogP contribution is 2.34. The minimum atomic E-state index is 0.527. The number of hydrogen-bond donors (Lipinski definition) is 1. The molecule has 2 aromatic rings. The van der Waals surface area contributed by atoms with Crippen LogP contribution in [0.4, 0.5) is 0 Å². The highest BCUT2D eigenvalue weighted by molar-refractivity contribution is 9.10. The number of benzene rings is 2. The van der Waals surface area contributed by atoms with Gasteiger partial charge in [0.2, 0.25) is 0 Å². The van der Waals surface area contributed by atoms with Crippen LogP contribution in [-0.4, -0.2) is 13.2 Å². The normalized spacial score (nSPS) is 13.8. The van der Waals surface area contributed by atoms with Gasteiger partial charge in [0.05, 0.1) is 6.61 Å². The van der Waals surface area contributed by atoms with E-state index in [4.69, 9.17) is 9.47 Å². The third-order valence-electron chi connectivity index (χ3n) is 5.25. The van der Waals surface area contributed by atoms with E-state index in [1.54, 1.807) is 5.57 Å². The lowest BCUT2D eigenvalue weighted by molar-refractivity contribution is 0.269. The molecular weight excluding hydrogens is 426 g/mol. The topological polar surface area (TPSA) is 30.5 Å². The maximum atomic E-state index is 6.07. The zero-order chi connectivity index (χ0) is 20.5. The molecule has 3 rings (SSSR count). The quantitative estimate of drug-likeness (QED) is 0.317. The summed E-state index contributed by atoms with van der Waals surface area (Å²) in [7, 11) is 0. The fourth-order valence-corrected chi connectivity index (χ4v) is 4.01. The third-order valence-corrected chi connectivity index (χ3v) is 5.99. The van der Waals surface area contributed by atoms with Crippen molar-refractivity contribution in [2.75, 3.05) is 13.2 Å². The summed E-state index contributed by atoms with van der Waals surface area (Å²) in [5.74, 6) is 1.57.